The molecule has 1 aliphatic heterocycles. The Morgan fingerprint density at radius 1 is 0.714 bits per heavy atom. The van der Waals surface area contributed by atoms with Gasteiger partial charge in [0.25, 0.3) is 0 Å². The Balaban J connectivity index is 1.38. The molecule has 0 saturated carbocycles. The molecular formula is C40H32N2. The van der Waals surface area contributed by atoms with Crippen LogP contribution in [-0.4, -0.2) is 10.1 Å². The van der Waals surface area contributed by atoms with Gasteiger partial charge in [0.15, 0.2) is 0 Å². The van der Waals surface area contributed by atoms with E-state index in [0.29, 0.717) is 5.92 Å². The smallest absolute Gasteiger partial charge is 0.0720 e. The highest BCUT2D eigenvalue weighted by atomic mass is 15.2. The average Bonchev–Trinajstić information content (AvgIpc) is 3.47. The molecule has 3 unspecified atom stereocenters. The van der Waals surface area contributed by atoms with Crippen molar-refractivity contribution < 1.29 is 0 Å². The second kappa shape index (κ2) is 8.59. The van der Waals surface area contributed by atoms with Crippen LogP contribution in [0.4, 0.5) is 11.4 Å². The van der Waals surface area contributed by atoms with Crippen molar-refractivity contribution in [2.45, 2.75) is 31.7 Å². The summed E-state index contributed by atoms with van der Waals surface area (Å²) in [6.07, 6.45) is 10.9. The van der Waals surface area contributed by atoms with E-state index in [-0.39, 0.29) is 11.5 Å². The lowest BCUT2D eigenvalue weighted by molar-refractivity contribution is 0.590. The summed E-state index contributed by atoms with van der Waals surface area (Å²) >= 11 is 0. The van der Waals surface area contributed by atoms with Gasteiger partial charge in [-0.25, -0.2) is 0 Å². The van der Waals surface area contributed by atoms with Crippen molar-refractivity contribution in [1.82, 2.24) is 4.57 Å². The lowest BCUT2D eigenvalue weighted by Gasteiger charge is -2.40. The van der Waals surface area contributed by atoms with Crippen LogP contribution >= 0.6 is 0 Å². The fraction of sp³-hybridized carbons (Fsp3) is 0.150. The fourth-order valence-electron chi connectivity index (χ4n) is 8.02. The van der Waals surface area contributed by atoms with Gasteiger partial charge < -0.3 is 9.47 Å². The molecule has 0 bridgehead atoms. The minimum Gasteiger partial charge on any atom is -0.330 e. The number of hydrogen-bond acceptors (Lipinski definition) is 1. The molecule has 42 heavy (non-hydrogen) atoms. The molecule has 202 valence electrons. The van der Waals surface area contributed by atoms with Gasteiger partial charge in [-0.1, -0.05) is 104 Å². The van der Waals surface area contributed by atoms with Crippen LogP contribution in [0.5, 0.6) is 0 Å². The van der Waals surface area contributed by atoms with Gasteiger partial charge >= 0.3 is 0 Å². The maximum atomic E-state index is 2.61. The summed E-state index contributed by atoms with van der Waals surface area (Å²) in [5.41, 5.74) is 9.07. The standard InChI is InChI=1S/C40H32N2/c1-26-21-22-28-13-9-19-36(32(28)23-26)41-35-17-7-5-15-30(35)33-25-40(2)34(24-39(33)41)31-16-6-8-18-38(31)42(40)37-20-10-12-27-11-3-4-14-29(27)37/h3-22,24-26,34H,23H2,1-2H3. The number of rotatable bonds is 2. The minimum atomic E-state index is -0.261. The van der Waals surface area contributed by atoms with E-state index < -0.39 is 0 Å². The SMILES string of the molecule is CC1C=Cc2cccc(-n3c4c(c5ccccc53)=CC3(C)C(C=4)c4ccccc4N3c3cccc4ccccc34)c2C1. The molecule has 0 saturated heterocycles. The van der Waals surface area contributed by atoms with Crippen LogP contribution in [-0.2, 0) is 6.42 Å². The van der Waals surface area contributed by atoms with Crippen molar-refractivity contribution in [3.63, 3.8) is 0 Å². The van der Waals surface area contributed by atoms with Crippen LogP contribution in [0.15, 0.2) is 115 Å². The fourth-order valence-corrected chi connectivity index (χ4v) is 8.02. The monoisotopic (exact) mass is 540 g/mol. The van der Waals surface area contributed by atoms with Crippen molar-refractivity contribution >= 4 is 51.3 Å². The van der Waals surface area contributed by atoms with Gasteiger partial charge in [0.2, 0.25) is 0 Å². The summed E-state index contributed by atoms with van der Waals surface area (Å²) < 4.78 is 2.55. The Hall–Kier alpha value is -4.82. The van der Waals surface area contributed by atoms with E-state index >= 15 is 0 Å². The molecule has 3 atom stereocenters. The zero-order chi connectivity index (χ0) is 28.0. The van der Waals surface area contributed by atoms with Gasteiger partial charge in [-0.3, -0.25) is 0 Å². The quantitative estimate of drug-likeness (QED) is 0.215. The molecule has 2 heterocycles. The molecule has 0 radical (unpaired) electrons. The van der Waals surface area contributed by atoms with Crippen molar-refractivity contribution in [3.05, 3.63) is 143 Å². The molecule has 2 nitrogen and oxygen atoms in total. The van der Waals surface area contributed by atoms with E-state index in [0.717, 1.165) is 6.42 Å². The summed E-state index contributed by atoms with van der Waals surface area (Å²) in [6, 6.07) is 40.3. The van der Waals surface area contributed by atoms with Gasteiger partial charge in [0, 0.05) is 39.0 Å². The molecule has 5 aromatic carbocycles. The zero-order valence-corrected chi connectivity index (χ0v) is 24.0. The molecule has 0 N–H and O–H groups in total. The van der Waals surface area contributed by atoms with E-state index in [1.165, 1.54) is 66.0 Å². The average molecular weight is 541 g/mol. The summed E-state index contributed by atoms with van der Waals surface area (Å²) in [6.45, 7) is 4.75. The van der Waals surface area contributed by atoms with Gasteiger partial charge in [0.1, 0.15) is 0 Å². The second-order valence-corrected chi connectivity index (χ2v) is 12.4. The zero-order valence-electron chi connectivity index (χ0n) is 24.0. The first-order valence-electron chi connectivity index (χ1n) is 15.1. The number of anilines is 2. The Labute approximate surface area is 246 Å². The van der Waals surface area contributed by atoms with Crippen LogP contribution in [0.25, 0.3) is 45.6 Å². The molecule has 0 spiro atoms. The van der Waals surface area contributed by atoms with E-state index in [1.54, 1.807) is 0 Å². The first-order valence-corrected chi connectivity index (χ1v) is 15.1. The third kappa shape index (κ3) is 3.15. The minimum absolute atomic E-state index is 0.210. The topological polar surface area (TPSA) is 8.17 Å². The van der Waals surface area contributed by atoms with Crippen molar-refractivity contribution in [1.29, 1.82) is 0 Å². The van der Waals surface area contributed by atoms with Crippen LogP contribution in [0, 0.1) is 5.92 Å². The van der Waals surface area contributed by atoms with E-state index in [1.807, 2.05) is 0 Å². The predicted molar refractivity (Wildman–Crippen MR) is 177 cm³/mol. The predicted octanol–water partition coefficient (Wildman–Crippen LogP) is 8.26. The number of aromatic nitrogens is 1. The second-order valence-electron chi connectivity index (χ2n) is 12.4. The van der Waals surface area contributed by atoms with E-state index in [9.17, 15) is 0 Å². The maximum absolute atomic E-state index is 2.61. The Kier molecular flexibility index (Phi) is 4.88. The lowest BCUT2D eigenvalue weighted by atomic mass is 9.79. The van der Waals surface area contributed by atoms with Crippen LogP contribution in [0.1, 0.15) is 36.5 Å². The first-order chi connectivity index (χ1) is 20.6. The van der Waals surface area contributed by atoms with Crippen LogP contribution in [0.3, 0.4) is 0 Å². The number of hydrogen-bond donors (Lipinski definition) is 0. The maximum Gasteiger partial charge on any atom is 0.0720 e. The van der Waals surface area contributed by atoms with Crippen LogP contribution in [0.2, 0.25) is 0 Å². The molecule has 3 aliphatic rings. The Morgan fingerprint density at radius 3 is 2.36 bits per heavy atom. The lowest BCUT2D eigenvalue weighted by Crippen LogP contribution is -2.48. The Bertz CT molecular complexity index is 2230. The van der Waals surface area contributed by atoms with E-state index in [2.05, 4.69) is 157 Å². The van der Waals surface area contributed by atoms with Crippen LogP contribution < -0.4 is 15.5 Å². The highest BCUT2D eigenvalue weighted by molar-refractivity contribution is 6.00. The highest BCUT2D eigenvalue weighted by Crippen LogP contribution is 2.54. The first kappa shape index (κ1) is 23.8. The molecule has 2 aliphatic carbocycles. The normalized spacial score (nSPS) is 21.8. The summed E-state index contributed by atoms with van der Waals surface area (Å²) in [5.74, 6) is 0.743. The van der Waals surface area contributed by atoms with Crippen molar-refractivity contribution in [2.24, 2.45) is 5.92 Å². The third-order valence-electron chi connectivity index (χ3n) is 9.90. The van der Waals surface area contributed by atoms with Crippen molar-refractivity contribution in [2.75, 3.05) is 4.90 Å². The van der Waals surface area contributed by atoms with Crippen molar-refractivity contribution in [3.8, 4) is 5.69 Å². The largest absolute Gasteiger partial charge is 0.330 e. The number of nitrogens with zero attached hydrogens (tertiary/aromatic N) is 2. The molecule has 0 amide bonds. The Morgan fingerprint density at radius 2 is 1.43 bits per heavy atom. The number of allylic oxidation sites excluding steroid dienone is 1. The molecule has 0 fully saturated rings. The number of benzene rings is 5. The van der Waals surface area contributed by atoms with E-state index in [4.69, 9.17) is 0 Å². The van der Waals surface area contributed by atoms with Gasteiger partial charge in [-0.2, -0.15) is 0 Å². The molecule has 1 aromatic heterocycles. The molecular weight excluding hydrogens is 508 g/mol. The molecule has 2 heteroatoms. The highest BCUT2D eigenvalue weighted by Gasteiger charge is 2.48. The summed E-state index contributed by atoms with van der Waals surface area (Å²) in [4.78, 5) is 2.61. The van der Waals surface area contributed by atoms with Gasteiger partial charge in [-0.15, -0.1) is 0 Å². The number of fused-ring (bicyclic) bond motifs is 8. The third-order valence-corrected chi connectivity index (χ3v) is 9.90. The summed E-state index contributed by atoms with van der Waals surface area (Å²) in [5, 5.41) is 6.52. The number of para-hydroxylation sites is 2. The van der Waals surface area contributed by atoms with Gasteiger partial charge in [-0.05, 0) is 77.8 Å². The summed E-state index contributed by atoms with van der Waals surface area (Å²) in [7, 11) is 0. The molecule has 9 rings (SSSR count). The van der Waals surface area contributed by atoms with Gasteiger partial charge in [0.05, 0.1) is 16.4 Å². The molecule has 6 aromatic rings.